The number of rotatable bonds is 12. The van der Waals surface area contributed by atoms with E-state index in [2.05, 4.69) is 6.58 Å². The molecule has 0 N–H and O–H groups in total. The smallest absolute Gasteiger partial charge is 0.196 e. The Kier molecular flexibility index (Phi) is 12.4. The Morgan fingerprint density at radius 1 is 1.10 bits per heavy atom. The van der Waals surface area contributed by atoms with E-state index in [4.69, 9.17) is 14.2 Å². The van der Waals surface area contributed by atoms with Crippen molar-refractivity contribution in [3.63, 3.8) is 0 Å². The van der Waals surface area contributed by atoms with Gasteiger partial charge in [0.2, 0.25) is 0 Å². The summed E-state index contributed by atoms with van der Waals surface area (Å²) < 4.78 is 45.3. The Morgan fingerprint density at radius 2 is 1.83 bits per heavy atom. The van der Waals surface area contributed by atoms with Crippen LogP contribution in [-0.2, 0) is 14.2 Å². The fourth-order valence-corrected chi connectivity index (χ4v) is 3.34. The first-order valence-electron chi connectivity index (χ1n) is 10.9. The molecule has 1 rings (SSSR count). The molecule has 0 aromatic heterocycles. The molecule has 1 fully saturated rings. The maximum atomic E-state index is 14.5. The van der Waals surface area contributed by atoms with Crippen LogP contribution in [0.15, 0.2) is 59.1 Å². The summed E-state index contributed by atoms with van der Waals surface area (Å²) >= 11 is 0. The molecule has 5 heteroatoms. The van der Waals surface area contributed by atoms with E-state index in [1.165, 1.54) is 14.0 Å². The summed E-state index contributed by atoms with van der Waals surface area (Å²) in [5.41, 5.74) is 0.972. The fourth-order valence-electron chi connectivity index (χ4n) is 3.34. The first-order chi connectivity index (χ1) is 14.4. The van der Waals surface area contributed by atoms with E-state index in [1.54, 1.807) is 19.9 Å². The van der Waals surface area contributed by atoms with Crippen molar-refractivity contribution in [1.29, 1.82) is 0 Å². The predicted octanol–water partition coefficient (Wildman–Crippen LogP) is 7.49. The highest BCUT2D eigenvalue weighted by Gasteiger charge is 2.21. The minimum atomic E-state index is -0.959. The SMILES string of the molecule is C=CCCC1CCC(CO/C(=C/C=C(C)/C(CC)=C(F)/C(F)=C(\C)OC)CC)OC1. The van der Waals surface area contributed by atoms with Crippen LogP contribution in [0.3, 0.4) is 0 Å². The number of ether oxygens (including phenoxy) is 3. The highest BCUT2D eigenvalue weighted by molar-refractivity contribution is 5.40. The zero-order valence-corrected chi connectivity index (χ0v) is 19.2. The van der Waals surface area contributed by atoms with Gasteiger partial charge >= 0.3 is 0 Å². The first-order valence-corrected chi connectivity index (χ1v) is 10.9. The van der Waals surface area contributed by atoms with E-state index >= 15 is 0 Å². The molecule has 0 saturated carbocycles. The molecule has 2 unspecified atom stereocenters. The summed E-state index contributed by atoms with van der Waals surface area (Å²) in [5, 5.41) is 0. The van der Waals surface area contributed by atoms with E-state index in [1.807, 2.05) is 19.1 Å². The largest absolute Gasteiger partial charge is 0.498 e. The monoisotopic (exact) mass is 424 g/mol. The van der Waals surface area contributed by atoms with E-state index in [-0.39, 0.29) is 11.9 Å². The van der Waals surface area contributed by atoms with Gasteiger partial charge in [0, 0.05) is 13.0 Å². The molecule has 0 amide bonds. The lowest BCUT2D eigenvalue weighted by Gasteiger charge is -2.29. The van der Waals surface area contributed by atoms with Gasteiger partial charge in [-0.2, -0.15) is 0 Å². The lowest BCUT2D eigenvalue weighted by molar-refractivity contribution is -0.0510. The first kappa shape index (κ1) is 26.2. The second kappa shape index (κ2) is 14.2. The van der Waals surface area contributed by atoms with Crippen molar-refractivity contribution in [2.45, 2.75) is 72.3 Å². The van der Waals surface area contributed by atoms with Gasteiger partial charge in [-0.3, -0.25) is 0 Å². The van der Waals surface area contributed by atoms with Crippen LogP contribution in [-0.4, -0.2) is 26.4 Å². The van der Waals surface area contributed by atoms with Crippen molar-refractivity contribution in [2.75, 3.05) is 20.3 Å². The molecular formula is C25H38F2O3. The Morgan fingerprint density at radius 3 is 2.37 bits per heavy atom. The normalized spacial score (nSPS) is 22.2. The Balaban J connectivity index is 2.73. The topological polar surface area (TPSA) is 27.7 Å². The summed E-state index contributed by atoms with van der Waals surface area (Å²) in [4.78, 5) is 0. The van der Waals surface area contributed by atoms with Crippen LogP contribution in [0, 0.1) is 5.92 Å². The summed E-state index contributed by atoms with van der Waals surface area (Å²) in [7, 11) is 1.32. The van der Waals surface area contributed by atoms with Crippen molar-refractivity contribution in [2.24, 2.45) is 5.92 Å². The third-order valence-electron chi connectivity index (χ3n) is 5.47. The Hall–Kier alpha value is -1.88. The van der Waals surface area contributed by atoms with Crippen molar-refractivity contribution < 1.29 is 23.0 Å². The van der Waals surface area contributed by atoms with Gasteiger partial charge in [-0.05, 0) is 69.1 Å². The molecule has 3 nitrogen and oxygen atoms in total. The minimum Gasteiger partial charge on any atom is -0.498 e. The maximum absolute atomic E-state index is 14.5. The van der Waals surface area contributed by atoms with Gasteiger partial charge in [0.05, 0.1) is 19.0 Å². The molecule has 1 heterocycles. The van der Waals surface area contributed by atoms with Crippen molar-refractivity contribution in [1.82, 2.24) is 0 Å². The molecule has 0 aromatic rings. The second-order valence-electron chi connectivity index (χ2n) is 7.63. The fraction of sp³-hybridized carbons (Fsp3) is 0.600. The highest BCUT2D eigenvalue weighted by Crippen LogP contribution is 2.28. The number of allylic oxidation sites excluding steroid dienone is 9. The molecule has 2 atom stereocenters. The highest BCUT2D eigenvalue weighted by atomic mass is 19.2. The molecule has 0 spiro atoms. The molecule has 1 aliphatic heterocycles. The minimum absolute atomic E-state index is 0.0708. The quantitative estimate of drug-likeness (QED) is 0.185. The molecule has 0 radical (unpaired) electrons. The van der Waals surface area contributed by atoms with Crippen molar-refractivity contribution >= 4 is 0 Å². The lowest BCUT2D eigenvalue weighted by Crippen LogP contribution is -2.29. The molecule has 0 aromatic carbocycles. The van der Waals surface area contributed by atoms with E-state index < -0.39 is 11.7 Å². The van der Waals surface area contributed by atoms with Crippen molar-refractivity contribution in [3.05, 3.63) is 59.1 Å². The third kappa shape index (κ3) is 8.47. The van der Waals surface area contributed by atoms with Gasteiger partial charge in [0.1, 0.15) is 12.4 Å². The van der Waals surface area contributed by atoms with Crippen LogP contribution in [0.25, 0.3) is 0 Å². The summed E-state index contributed by atoms with van der Waals surface area (Å²) in [6.07, 6.45) is 11.1. The molecule has 0 aliphatic carbocycles. The molecule has 30 heavy (non-hydrogen) atoms. The lowest BCUT2D eigenvalue weighted by atomic mass is 9.94. The third-order valence-corrected chi connectivity index (χ3v) is 5.47. The summed E-state index contributed by atoms with van der Waals surface area (Å²) in [6, 6.07) is 0. The molecular weight excluding hydrogens is 386 g/mol. The number of hydrogen-bond acceptors (Lipinski definition) is 3. The number of hydrogen-bond donors (Lipinski definition) is 0. The molecule has 0 bridgehead atoms. The zero-order valence-electron chi connectivity index (χ0n) is 19.2. The van der Waals surface area contributed by atoms with Gasteiger partial charge in [-0.1, -0.05) is 26.0 Å². The Bertz CT molecular complexity index is 666. The zero-order chi connectivity index (χ0) is 22.5. The number of methoxy groups -OCH3 is 1. The van der Waals surface area contributed by atoms with E-state index in [0.717, 1.165) is 38.0 Å². The van der Waals surface area contributed by atoms with Crippen LogP contribution in [0.2, 0.25) is 0 Å². The van der Waals surface area contributed by atoms with Gasteiger partial charge in [-0.15, -0.1) is 6.58 Å². The molecule has 170 valence electrons. The van der Waals surface area contributed by atoms with Crippen LogP contribution in [0.1, 0.15) is 66.2 Å². The van der Waals surface area contributed by atoms with E-state index in [0.29, 0.717) is 36.5 Å². The summed E-state index contributed by atoms with van der Waals surface area (Å²) in [6.45, 7) is 12.0. The van der Waals surface area contributed by atoms with Gasteiger partial charge in [0.15, 0.2) is 11.7 Å². The molecule has 1 aliphatic rings. The predicted molar refractivity (Wildman–Crippen MR) is 119 cm³/mol. The van der Waals surface area contributed by atoms with Crippen molar-refractivity contribution in [3.8, 4) is 0 Å². The van der Waals surface area contributed by atoms with E-state index in [9.17, 15) is 8.78 Å². The van der Waals surface area contributed by atoms with Crippen LogP contribution in [0.5, 0.6) is 0 Å². The van der Waals surface area contributed by atoms with Crippen LogP contribution >= 0.6 is 0 Å². The van der Waals surface area contributed by atoms with Gasteiger partial charge in [-0.25, -0.2) is 8.78 Å². The summed E-state index contributed by atoms with van der Waals surface area (Å²) in [5.74, 6) is -0.500. The van der Waals surface area contributed by atoms with Crippen LogP contribution in [0.4, 0.5) is 8.78 Å². The van der Waals surface area contributed by atoms with Gasteiger partial charge in [0.25, 0.3) is 0 Å². The molecule has 1 saturated heterocycles. The Labute approximate surface area is 181 Å². The second-order valence-corrected chi connectivity index (χ2v) is 7.63. The average Bonchev–Trinajstić information content (AvgIpc) is 2.77. The van der Waals surface area contributed by atoms with Gasteiger partial charge < -0.3 is 14.2 Å². The average molecular weight is 425 g/mol. The standard InChI is InChI=1S/C25H38F2O3/c1-7-10-11-20-13-15-22(29-16-20)17-30-21(8-2)14-12-18(4)23(9-3)25(27)24(26)19(5)28-6/h7,12,14,20,22H,1,8-11,13,15-17H2,2-6H3/b18-12+,21-14+,24-19-,25-23-. The number of halogens is 2. The van der Waals surface area contributed by atoms with Crippen LogP contribution < -0.4 is 0 Å². The maximum Gasteiger partial charge on any atom is 0.196 e.